The van der Waals surface area contributed by atoms with E-state index in [-0.39, 0.29) is 22.6 Å². The van der Waals surface area contributed by atoms with Crippen LogP contribution < -0.4 is 5.32 Å². The third-order valence-electron chi connectivity index (χ3n) is 3.62. The van der Waals surface area contributed by atoms with Crippen LogP contribution in [0.3, 0.4) is 0 Å². The van der Waals surface area contributed by atoms with Gasteiger partial charge >= 0.3 is 0 Å². The van der Waals surface area contributed by atoms with Gasteiger partial charge in [0, 0.05) is 25.3 Å². The Morgan fingerprint density at radius 3 is 2.89 bits per heavy atom. The molecule has 104 valence electrons. The van der Waals surface area contributed by atoms with Crippen LogP contribution in [0.2, 0.25) is 5.02 Å². The molecule has 1 aliphatic carbocycles. The van der Waals surface area contributed by atoms with E-state index >= 15 is 0 Å². The number of hydrogen-bond acceptors (Lipinski definition) is 3. The molecular weight excluding hydrogens is 266 g/mol. The molecule has 0 radical (unpaired) electrons. The van der Waals surface area contributed by atoms with Gasteiger partial charge in [-0.15, -0.1) is 0 Å². The molecule has 0 unspecified atom stereocenters. The van der Waals surface area contributed by atoms with Crippen LogP contribution >= 0.6 is 11.6 Å². The number of rotatable bonds is 6. The molecule has 1 aliphatic rings. The van der Waals surface area contributed by atoms with Crippen molar-refractivity contribution < 1.29 is 14.6 Å². The maximum atomic E-state index is 12.0. The summed E-state index contributed by atoms with van der Waals surface area (Å²) in [6.07, 6.45) is 3.17. The highest BCUT2D eigenvalue weighted by Gasteiger charge is 2.42. The monoisotopic (exact) mass is 283 g/mol. The Labute approximate surface area is 117 Å². The highest BCUT2D eigenvalue weighted by Crippen LogP contribution is 2.48. The molecule has 2 rings (SSSR count). The van der Waals surface area contributed by atoms with E-state index in [0.29, 0.717) is 18.2 Å². The lowest BCUT2D eigenvalue weighted by molar-refractivity contribution is 0.0935. The van der Waals surface area contributed by atoms with E-state index in [4.69, 9.17) is 16.3 Å². The normalized spacial score (nSPS) is 16.1. The van der Waals surface area contributed by atoms with Crippen LogP contribution in [0, 0.1) is 5.41 Å². The first-order chi connectivity index (χ1) is 9.06. The number of ether oxygens (including phenoxy) is 1. The summed E-state index contributed by atoms with van der Waals surface area (Å²) in [7, 11) is 1.68. The summed E-state index contributed by atoms with van der Waals surface area (Å²) in [5.74, 6) is -0.340. The number of nitrogens with one attached hydrogen (secondary N) is 1. The van der Waals surface area contributed by atoms with Gasteiger partial charge in [0.1, 0.15) is 5.75 Å². The number of phenols is 1. The van der Waals surface area contributed by atoms with Crippen LogP contribution in [-0.2, 0) is 4.74 Å². The lowest BCUT2D eigenvalue weighted by Gasteiger charge is -2.15. The van der Waals surface area contributed by atoms with Crippen LogP contribution in [0.15, 0.2) is 18.2 Å². The van der Waals surface area contributed by atoms with Gasteiger partial charge in [0.25, 0.3) is 5.91 Å². The third-order valence-corrected chi connectivity index (χ3v) is 3.86. The van der Waals surface area contributed by atoms with Crippen LogP contribution in [0.5, 0.6) is 5.75 Å². The van der Waals surface area contributed by atoms with Crippen LogP contribution in [-0.4, -0.2) is 31.3 Å². The van der Waals surface area contributed by atoms with Crippen LogP contribution in [0.1, 0.15) is 29.6 Å². The van der Waals surface area contributed by atoms with Gasteiger partial charge in [-0.25, -0.2) is 0 Å². The van der Waals surface area contributed by atoms with Crippen molar-refractivity contribution in [2.24, 2.45) is 5.41 Å². The molecule has 1 saturated carbocycles. The lowest BCUT2D eigenvalue weighted by atomic mass is 10.0. The van der Waals surface area contributed by atoms with Gasteiger partial charge in [0.2, 0.25) is 0 Å². The summed E-state index contributed by atoms with van der Waals surface area (Å²) in [6, 6.07) is 4.45. The molecule has 0 atom stereocenters. The second kappa shape index (κ2) is 5.80. The molecular formula is C14H18ClNO3. The van der Waals surface area contributed by atoms with Crippen LogP contribution in [0.25, 0.3) is 0 Å². The number of aromatic hydroxyl groups is 1. The van der Waals surface area contributed by atoms with E-state index in [1.165, 1.54) is 12.1 Å². The first-order valence-corrected chi connectivity index (χ1v) is 6.70. The summed E-state index contributed by atoms with van der Waals surface area (Å²) >= 11 is 5.82. The molecule has 5 heteroatoms. The Balaban J connectivity index is 1.93. The lowest BCUT2D eigenvalue weighted by Crippen LogP contribution is -2.30. The summed E-state index contributed by atoms with van der Waals surface area (Å²) in [5.41, 5.74) is 0.398. The second-order valence-corrected chi connectivity index (χ2v) is 5.52. The molecule has 4 nitrogen and oxygen atoms in total. The Morgan fingerprint density at radius 1 is 1.53 bits per heavy atom. The molecule has 1 aromatic carbocycles. The molecule has 1 amide bonds. The number of carbonyl (C=O) groups is 1. The predicted molar refractivity (Wildman–Crippen MR) is 73.6 cm³/mol. The minimum absolute atomic E-state index is 0.0522. The SMILES string of the molecule is COCCC1(CNC(=O)c2cc(Cl)ccc2O)CC1. The topological polar surface area (TPSA) is 58.6 Å². The quantitative estimate of drug-likeness (QED) is 0.844. The molecule has 1 aromatic rings. The van der Waals surface area contributed by atoms with E-state index in [2.05, 4.69) is 5.32 Å². The molecule has 0 heterocycles. The molecule has 0 aromatic heterocycles. The number of halogens is 1. The van der Waals surface area contributed by atoms with E-state index in [1.54, 1.807) is 13.2 Å². The Hall–Kier alpha value is -1.26. The van der Waals surface area contributed by atoms with Crippen molar-refractivity contribution in [1.82, 2.24) is 5.32 Å². The number of benzene rings is 1. The molecule has 0 saturated heterocycles. The summed E-state index contributed by atoms with van der Waals surface area (Å²) in [6.45, 7) is 1.32. The Kier molecular flexibility index (Phi) is 4.32. The summed E-state index contributed by atoms with van der Waals surface area (Å²) < 4.78 is 5.07. The first kappa shape index (κ1) is 14.2. The highest BCUT2D eigenvalue weighted by atomic mass is 35.5. The summed E-state index contributed by atoms with van der Waals surface area (Å²) in [4.78, 5) is 12.0. The molecule has 1 fully saturated rings. The van der Waals surface area contributed by atoms with Crippen molar-refractivity contribution in [3.05, 3.63) is 28.8 Å². The largest absolute Gasteiger partial charge is 0.507 e. The van der Waals surface area contributed by atoms with Gasteiger partial charge < -0.3 is 15.2 Å². The van der Waals surface area contributed by atoms with E-state index in [9.17, 15) is 9.90 Å². The van der Waals surface area contributed by atoms with Gasteiger partial charge in [0.15, 0.2) is 0 Å². The van der Waals surface area contributed by atoms with E-state index < -0.39 is 0 Å². The molecule has 0 bridgehead atoms. The number of amides is 1. The van der Waals surface area contributed by atoms with Crippen molar-refractivity contribution in [2.45, 2.75) is 19.3 Å². The standard InChI is InChI=1S/C14H18ClNO3/c1-19-7-6-14(4-5-14)9-16-13(18)11-8-10(15)2-3-12(11)17/h2-3,8,17H,4-7,9H2,1H3,(H,16,18). The molecule has 0 aliphatic heterocycles. The highest BCUT2D eigenvalue weighted by molar-refractivity contribution is 6.31. The minimum Gasteiger partial charge on any atom is -0.507 e. The number of methoxy groups -OCH3 is 1. The number of carbonyl (C=O) groups excluding carboxylic acids is 1. The maximum absolute atomic E-state index is 12.0. The average molecular weight is 284 g/mol. The predicted octanol–water partition coefficient (Wildman–Crippen LogP) is 2.59. The summed E-state index contributed by atoms with van der Waals surface area (Å²) in [5, 5.41) is 13.0. The van der Waals surface area contributed by atoms with Crippen molar-refractivity contribution in [3.63, 3.8) is 0 Å². The number of phenolic OH excluding ortho intramolecular Hbond substituents is 1. The van der Waals surface area contributed by atoms with Gasteiger partial charge in [-0.2, -0.15) is 0 Å². The van der Waals surface area contributed by atoms with Crippen LogP contribution in [0.4, 0.5) is 0 Å². The maximum Gasteiger partial charge on any atom is 0.255 e. The zero-order valence-corrected chi connectivity index (χ0v) is 11.7. The fraction of sp³-hybridized carbons (Fsp3) is 0.500. The van der Waals surface area contributed by atoms with Gasteiger partial charge in [-0.1, -0.05) is 11.6 Å². The second-order valence-electron chi connectivity index (χ2n) is 5.09. The molecule has 19 heavy (non-hydrogen) atoms. The molecule has 0 spiro atoms. The van der Waals surface area contributed by atoms with Gasteiger partial charge in [-0.05, 0) is 42.9 Å². The van der Waals surface area contributed by atoms with E-state index in [0.717, 1.165) is 19.3 Å². The Bertz CT molecular complexity index is 472. The fourth-order valence-corrected chi connectivity index (χ4v) is 2.24. The Morgan fingerprint density at radius 2 is 2.26 bits per heavy atom. The van der Waals surface area contributed by atoms with Crippen molar-refractivity contribution in [3.8, 4) is 5.75 Å². The fourth-order valence-electron chi connectivity index (χ4n) is 2.06. The zero-order valence-electron chi connectivity index (χ0n) is 10.9. The molecule has 2 N–H and O–H groups in total. The smallest absolute Gasteiger partial charge is 0.255 e. The minimum atomic E-state index is -0.288. The third kappa shape index (κ3) is 3.61. The van der Waals surface area contributed by atoms with Crippen molar-refractivity contribution in [1.29, 1.82) is 0 Å². The zero-order chi connectivity index (χ0) is 13.9. The average Bonchev–Trinajstić information content (AvgIpc) is 3.17. The van der Waals surface area contributed by atoms with Crippen molar-refractivity contribution >= 4 is 17.5 Å². The van der Waals surface area contributed by atoms with Gasteiger partial charge in [-0.3, -0.25) is 4.79 Å². The van der Waals surface area contributed by atoms with Gasteiger partial charge in [0.05, 0.1) is 5.56 Å². The van der Waals surface area contributed by atoms with E-state index in [1.807, 2.05) is 0 Å². The first-order valence-electron chi connectivity index (χ1n) is 6.32. The number of hydrogen-bond donors (Lipinski definition) is 2. The van der Waals surface area contributed by atoms with Crippen molar-refractivity contribution in [2.75, 3.05) is 20.3 Å².